The van der Waals surface area contributed by atoms with Crippen molar-refractivity contribution in [3.8, 4) is 5.82 Å². The number of aromatic nitrogens is 4. The first-order valence-electron chi connectivity index (χ1n) is 8.72. The van der Waals surface area contributed by atoms with Crippen LogP contribution in [0.2, 0.25) is 0 Å². The van der Waals surface area contributed by atoms with Crippen LogP contribution in [0, 0.1) is 20.8 Å². The number of aryl methyl sites for hydroxylation is 3. The SMILES string of the molecule is Cc1cccc(NC(=O)NCCNc2cc(-n3ccnc3C)nc(C)n2)c1. The summed E-state index contributed by atoms with van der Waals surface area (Å²) < 4.78 is 1.90. The first-order valence-corrected chi connectivity index (χ1v) is 8.72. The van der Waals surface area contributed by atoms with E-state index in [2.05, 4.69) is 30.9 Å². The van der Waals surface area contributed by atoms with Crippen molar-refractivity contribution in [3.05, 3.63) is 59.9 Å². The Labute approximate surface area is 158 Å². The molecule has 3 N–H and O–H groups in total. The summed E-state index contributed by atoms with van der Waals surface area (Å²) in [5.41, 5.74) is 1.87. The molecular formula is C19H23N7O. The third kappa shape index (κ3) is 5.04. The first kappa shape index (κ1) is 18.4. The molecule has 0 unspecified atom stereocenters. The zero-order valence-electron chi connectivity index (χ0n) is 15.7. The molecule has 1 aromatic carbocycles. The fraction of sp³-hybridized carbons (Fsp3) is 0.263. The molecule has 0 saturated heterocycles. The van der Waals surface area contributed by atoms with Crippen molar-refractivity contribution in [3.63, 3.8) is 0 Å². The molecule has 0 aliphatic heterocycles. The number of carbonyl (C=O) groups is 1. The zero-order chi connectivity index (χ0) is 19.2. The summed E-state index contributed by atoms with van der Waals surface area (Å²) >= 11 is 0. The normalized spacial score (nSPS) is 10.5. The first-order chi connectivity index (χ1) is 13.0. The number of amides is 2. The minimum Gasteiger partial charge on any atom is -0.368 e. The van der Waals surface area contributed by atoms with Gasteiger partial charge in [0.2, 0.25) is 0 Å². The van der Waals surface area contributed by atoms with Crippen molar-refractivity contribution in [2.24, 2.45) is 0 Å². The second kappa shape index (κ2) is 8.31. The van der Waals surface area contributed by atoms with E-state index in [1.165, 1.54) is 0 Å². The van der Waals surface area contributed by atoms with Gasteiger partial charge in [-0.1, -0.05) is 12.1 Å². The third-order valence-corrected chi connectivity index (χ3v) is 3.89. The topological polar surface area (TPSA) is 96.8 Å². The van der Waals surface area contributed by atoms with Crippen molar-refractivity contribution in [2.75, 3.05) is 23.7 Å². The molecule has 0 fully saturated rings. The molecular weight excluding hydrogens is 342 g/mol. The Morgan fingerprint density at radius 2 is 1.96 bits per heavy atom. The zero-order valence-corrected chi connectivity index (χ0v) is 15.7. The summed E-state index contributed by atoms with van der Waals surface area (Å²) in [7, 11) is 0. The average molecular weight is 365 g/mol. The van der Waals surface area contributed by atoms with Crippen molar-refractivity contribution in [2.45, 2.75) is 20.8 Å². The summed E-state index contributed by atoms with van der Waals surface area (Å²) in [5.74, 6) is 2.97. The number of hydrogen-bond donors (Lipinski definition) is 3. The third-order valence-electron chi connectivity index (χ3n) is 3.89. The lowest BCUT2D eigenvalue weighted by molar-refractivity contribution is 0.252. The predicted molar refractivity (Wildman–Crippen MR) is 105 cm³/mol. The van der Waals surface area contributed by atoms with Crippen LogP contribution in [0.3, 0.4) is 0 Å². The lowest BCUT2D eigenvalue weighted by atomic mass is 10.2. The van der Waals surface area contributed by atoms with Gasteiger partial charge < -0.3 is 16.0 Å². The van der Waals surface area contributed by atoms with E-state index in [-0.39, 0.29) is 6.03 Å². The quantitative estimate of drug-likeness (QED) is 0.584. The molecule has 0 bridgehead atoms. The number of nitrogens with one attached hydrogen (secondary N) is 3. The Bertz CT molecular complexity index is 935. The van der Waals surface area contributed by atoms with Crippen LogP contribution in [0.25, 0.3) is 5.82 Å². The van der Waals surface area contributed by atoms with Gasteiger partial charge in [-0.15, -0.1) is 0 Å². The fourth-order valence-electron chi connectivity index (χ4n) is 2.65. The minimum absolute atomic E-state index is 0.240. The van der Waals surface area contributed by atoms with Crippen LogP contribution in [0.5, 0.6) is 0 Å². The van der Waals surface area contributed by atoms with Crippen LogP contribution in [-0.2, 0) is 0 Å². The summed E-state index contributed by atoms with van der Waals surface area (Å²) in [6.45, 7) is 6.74. The number of imidazole rings is 1. The molecule has 8 nitrogen and oxygen atoms in total. The highest BCUT2D eigenvalue weighted by atomic mass is 16.2. The molecule has 3 rings (SSSR count). The molecule has 27 heavy (non-hydrogen) atoms. The average Bonchev–Trinajstić information content (AvgIpc) is 3.04. The van der Waals surface area contributed by atoms with Crippen LogP contribution in [0.4, 0.5) is 16.3 Å². The fourth-order valence-corrected chi connectivity index (χ4v) is 2.65. The maximum Gasteiger partial charge on any atom is 0.319 e. The summed E-state index contributed by atoms with van der Waals surface area (Å²) in [6, 6.07) is 9.28. The van der Waals surface area contributed by atoms with Gasteiger partial charge in [0, 0.05) is 37.2 Å². The number of urea groups is 1. The van der Waals surface area contributed by atoms with E-state index in [0.29, 0.717) is 24.7 Å². The van der Waals surface area contributed by atoms with Gasteiger partial charge in [0.15, 0.2) is 0 Å². The molecule has 0 radical (unpaired) electrons. The second-order valence-electron chi connectivity index (χ2n) is 6.18. The van der Waals surface area contributed by atoms with E-state index in [9.17, 15) is 4.79 Å². The lowest BCUT2D eigenvalue weighted by Crippen LogP contribution is -2.32. The van der Waals surface area contributed by atoms with Gasteiger partial charge >= 0.3 is 6.03 Å². The maximum absolute atomic E-state index is 12.0. The molecule has 0 aliphatic carbocycles. The van der Waals surface area contributed by atoms with Gasteiger partial charge in [0.1, 0.15) is 23.3 Å². The summed E-state index contributed by atoms with van der Waals surface area (Å²) in [4.78, 5) is 25.0. The van der Waals surface area contributed by atoms with Crippen LogP contribution in [0.1, 0.15) is 17.2 Å². The second-order valence-corrected chi connectivity index (χ2v) is 6.18. The van der Waals surface area contributed by atoms with Crippen molar-refractivity contribution in [1.82, 2.24) is 24.8 Å². The molecule has 0 atom stereocenters. The van der Waals surface area contributed by atoms with E-state index in [1.807, 2.05) is 61.9 Å². The van der Waals surface area contributed by atoms with Gasteiger partial charge in [-0.2, -0.15) is 0 Å². The number of rotatable bonds is 6. The van der Waals surface area contributed by atoms with Crippen molar-refractivity contribution >= 4 is 17.5 Å². The van der Waals surface area contributed by atoms with Gasteiger partial charge in [-0.05, 0) is 38.5 Å². The van der Waals surface area contributed by atoms with E-state index in [1.54, 1.807) is 6.20 Å². The highest BCUT2D eigenvalue weighted by Gasteiger charge is 2.06. The van der Waals surface area contributed by atoms with Crippen LogP contribution in [0.15, 0.2) is 42.7 Å². The van der Waals surface area contributed by atoms with E-state index >= 15 is 0 Å². The van der Waals surface area contributed by atoms with Gasteiger partial charge in [0.05, 0.1) is 0 Å². The minimum atomic E-state index is -0.240. The van der Waals surface area contributed by atoms with Crippen LogP contribution >= 0.6 is 0 Å². The predicted octanol–water partition coefficient (Wildman–Crippen LogP) is 2.82. The summed E-state index contributed by atoms with van der Waals surface area (Å²) in [5, 5.41) is 8.83. The molecule has 3 aromatic rings. The Hall–Kier alpha value is -3.42. The van der Waals surface area contributed by atoms with Gasteiger partial charge in [-0.25, -0.2) is 19.7 Å². The summed E-state index contributed by atoms with van der Waals surface area (Å²) in [6.07, 6.45) is 3.59. The highest BCUT2D eigenvalue weighted by molar-refractivity contribution is 5.89. The Morgan fingerprint density at radius 3 is 2.70 bits per heavy atom. The molecule has 2 amide bonds. The highest BCUT2D eigenvalue weighted by Crippen LogP contribution is 2.12. The van der Waals surface area contributed by atoms with Gasteiger partial charge in [-0.3, -0.25) is 4.57 Å². The smallest absolute Gasteiger partial charge is 0.319 e. The molecule has 2 heterocycles. The number of nitrogens with zero attached hydrogens (tertiary/aromatic N) is 4. The monoisotopic (exact) mass is 365 g/mol. The molecule has 2 aromatic heterocycles. The van der Waals surface area contributed by atoms with E-state index in [0.717, 1.165) is 22.9 Å². The standard InChI is InChI=1S/C19H23N7O/c1-13-5-4-6-16(11-13)25-19(27)22-8-7-21-17-12-18(24-14(2)23-17)26-10-9-20-15(26)3/h4-6,9-12H,7-8H2,1-3H3,(H,21,23,24)(H2,22,25,27). The maximum atomic E-state index is 12.0. The van der Waals surface area contributed by atoms with Crippen molar-refractivity contribution in [1.29, 1.82) is 0 Å². The number of carbonyl (C=O) groups excluding carboxylic acids is 1. The van der Waals surface area contributed by atoms with E-state index in [4.69, 9.17) is 0 Å². The molecule has 0 spiro atoms. The number of benzene rings is 1. The van der Waals surface area contributed by atoms with Crippen LogP contribution in [-0.4, -0.2) is 38.6 Å². The van der Waals surface area contributed by atoms with Gasteiger partial charge in [0.25, 0.3) is 0 Å². The number of hydrogen-bond acceptors (Lipinski definition) is 5. The molecule has 0 aliphatic rings. The Morgan fingerprint density at radius 1 is 1.11 bits per heavy atom. The lowest BCUT2D eigenvalue weighted by Gasteiger charge is -2.11. The Kier molecular flexibility index (Phi) is 5.65. The van der Waals surface area contributed by atoms with Crippen molar-refractivity contribution < 1.29 is 4.79 Å². The molecule has 0 saturated carbocycles. The Balaban J connectivity index is 1.51. The van der Waals surface area contributed by atoms with E-state index < -0.39 is 0 Å². The molecule has 140 valence electrons. The number of anilines is 2. The van der Waals surface area contributed by atoms with Crippen LogP contribution < -0.4 is 16.0 Å². The molecule has 8 heteroatoms. The largest absolute Gasteiger partial charge is 0.368 e.